The Morgan fingerprint density at radius 1 is 0.500 bits per heavy atom. The molecule has 0 atom stereocenters. The first kappa shape index (κ1) is 17.4. The topological polar surface area (TPSA) is 3.24 Å². The van der Waals surface area contributed by atoms with Gasteiger partial charge in [-0.2, -0.15) is 0 Å². The van der Waals surface area contributed by atoms with Gasteiger partial charge in [0.2, 0.25) is 0 Å². The average Bonchev–Trinajstić information content (AvgIpc) is 2.29. The van der Waals surface area contributed by atoms with E-state index in [1.165, 1.54) is 58.2 Å². The van der Waals surface area contributed by atoms with Gasteiger partial charge in [0.1, 0.15) is 0 Å². The van der Waals surface area contributed by atoms with Crippen LogP contribution in [0.4, 0.5) is 0 Å². The van der Waals surface area contributed by atoms with Gasteiger partial charge < -0.3 is 4.90 Å². The molecule has 0 aliphatic carbocycles. The molecular weight excluding hydrogens is 398 g/mol. The Morgan fingerprint density at radius 2 is 0.812 bits per heavy atom. The number of unbranched alkanes of at least 4 members (excludes halogenated alkanes) is 3. The summed E-state index contributed by atoms with van der Waals surface area (Å²) in [7, 11) is 0. The molecule has 0 unspecified atom stereocenters. The fourth-order valence-corrected chi connectivity index (χ4v) is 2.81. The zero-order valence-corrected chi connectivity index (χ0v) is 14.8. The minimum Gasteiger partial charge on any atom is -0.303 e. The van der Waals surface area contributed by atoms with Crippen LogP contribution < -0.4 is 0 Å². The Kier molecular flexibility index (Phi) is 15.7. The van der Waals surface area contributed by atoms with Gasteiger partial charge >= 0.3 is 0 Å². The molecule has 0 aromatic heterocycles. The van der Waals surface area contributed by atoms with E-state index < -0.39 is 0 Å². The van der Waals surface area contributed by atoms with E-state index in [0.717, 1.165) is 16.0 Å². The Morgan fingerprint density at radius 3 is 1.06 bits per heavy atom. The second-order valence-corrected chi connectivity index (χ2v) is 6.41. The van der Waals surface area contributed by atoms with Crippen molar-refractivity contribution in [2.24, 2.45) is 0 Å². The van der Waals surface area contributed by atoms with Gasteiger partial charge in [-0.25, -0.2) is 0 Å². The Hall–Kier alpha value is 1.40. The lowest BCUT2D eigenvalue weighted by Gasteiger charge is -2.21. The fraction of sp³-hybridized carbons (Fsp3) is 1.00. The standard InChI is InChI=1S/C12H24Br3N/c13-7-1-4-10-16(11-5-2-8-14)12-6-3-9-15/h1-12H2. The van der Waals surface area contributed by atoms with Crippen molar-refractivity contribution in [3.05, 3.63) is 0 Å². The molecule has 0 aliphatic heterocycles. The number of halogens is 3. The largest absolute Gasteiger partial charge is 0.303 e. The number of alkyl halides is 3. The Labute approximate surface area is 126 Å². The van der Waals surface area contributed by atoms with Gasteiger partial charge in [-0.05, 0) is 58.2 Å². The normalized spacial score (nSPS) is 11.2. The first-order valence-electron chi connectivity index (χ1n) is 6.25. The van der Waals surface area contributed by atoms with Crippen LogP contribution in [0, 0.1) is 0 Å². The van der Waals surface area contributed by atoms with Crippen molar-refractivity contribution in [2.75, 3.05) is 35.6 Å². The van der Waals surface area contributed by atoms with E-state index >= 15 is 0 Å². The van der Waals surface area contributed by atoms with Crippen LogP contribution in [-0.4, -0.2) is 40.5 Å². The van der Waals surface area contributed by atoms with Crippen molar-refractivity contribution in [2.45, 2.75) is 38.5 Å². The maximum absolute atomic E-state index is 3.50. The van der Waals surface area contributed by atoms with Gasteiger partial charge in [0.15, 0.2) is 0 Å². The number of rotatable bonds is 12. The van der Waals surface area contributed by atoms with Crippen molar-refractivity contribution in [1.29, 1.82) is 0 Å². The third-order valence-electron chi connectivity index (χ3n) is 2.57. The Bertz CT molecular complexity index is 110. The number of hydrogen-bond donors (Lipinski definition) is 0. The predicted molar refractivity (Wildman–Crippen MR) is 85.5 cm³/mol. The number of hydrogen-bond acceptors (Lipinski definition) is 1. The first-order chi connectivity index (χ1) is 7.85. The van der Waals surface area contributed by atoms with E-state index in [4.69, 9.17) is 0 Å². The van der Waals surface area contributed by atoms with Gasteiger partial charge in [0, 0.05) is 16.0 Å². The quantitative estimate of drug-likeness (QED) is 0.322. The monoisotopic (exact) mass is 419 g/mol. The summed E-state index contributed by atoms with van der Waals surface area (Å²) in [5, 5.41) is 3.43. The molecule has 0 radical (unpaired) electrons. The SMILES string of the molecule is BrCCCCN(CCCCBr)CCCCBr. The minimum absolute atomic E-state index is 1.14. The van der Waals surface area contributed by atoms with Crippen LogP contribution >= 0.6 is 47.8 Å². The average molecular weight is 422 g/mol. The molecule has 0 aliphatic rings. The summed E-state index contributed by atoms with van der Waals surface area (Å²) < 4.78 is 0. The second kappa shape index (κ2) is 14.5. The van der Waals surface area contributed by atoms with E-state index in [9.17, 15) is 0 Å². The molecule has 98 valence electrons. The van der Waals surface area contributed by atoms with Gasteiger partial charge in [-0.3, -0.25) is 0 Å². The van der Waals surface area contributed by atoms with Gasteiger partial charge in [0.25, 0.3) is 0 Å². The van der Waals surface area contributed by atoms with Crippen LogP contribution in [0.2, 0.25) is 0 Å². The van der Waals surface area contributed by atoms with E-state index in [1.807, 2.05) is 0 Å². The van der Waals surface area contributed by atoms with E-state index in [-0.39, 0.29) is 0 Å². The molecule has 0 aromatic carbocycles. The van der Waals surface area contributed by atoms with Crippen LogP contribution in [0.25, 0.3) is 0 Å². The summed E-state index contributed by atoms with van der Waals surface area (Å²) in [4.78, 5) is 2.63. The lowest BCUT2D eigenvalue weighted by molar-refractivity contribution is 0.262. The van der Waals surface area contributed by atoms with Crippen LogP contribution in [0.15, 0.2) is 0 Å². The summed E-state index contributed by atoms with van der Waals surface area (Å²) in [6.07, 6.45) is 7.88. The van der Waals surface area contributed by atoms with Crippen molar-refractivity contribution in [3.8, 4) is 0 Å². The van der Waals surface area contributed by atoms with Crippen molar-refractivity contribution in [1.82, 2.24) is 4.90 Å². The predicted octanol–water partition coefficient (Wildman–Crippen LogP) is 4.81. The summed E-state index contributed by atoms with van der Waals surface area (Å²) >= 11 is 10.5. The highest BCUT2D eigenvalue weighted by atomic mass is 79.9. The van der Waals surface area contributed by atoms with E-state index in [2.05, 4.69) is 52.7 Å². The van der Waals surface area contributed by atoms with E-state index in [0.29, 0.717) is 0 Å². The maximum atomic E-state index is 3.50. The van der Waals surface area contributed by atoms with E-state index in [1.54, 1.807) is 0 Å². The smallest absolute Gasteiger partial charge is 0.00317 e. The molecule has 0 spiro atoms. The minimum atomic E-state index is 1.14. The molecule has 0 heterocycles. The molecule has 0 saturated carbocycles. The summed E-state index contributed by atoms with van der Waals surface area (Å²) in [5.41, 5.74) is 0. The molecule has 1 nitrogen and oxygen atoms in total. The molecule has 0 saturated heterocycles. The fourth-order valence-electron chi connectivity index (χ4n) is 1.63. The van der Waals surface area contributed by atoms with Gasteiger partial charge in [-0.1, -0.05) is 47.8 Å². The first-order valence-corrected chi connectivity index (χ1v) is 9.61. The van der Waals surface area contributed by atoms with Crippen LogP contribution in [0.1, 0.15) is 38.5 Å². The van der Waals surface area contributed by atoms with Crippen LogP contribution in [0.3, 0.4) is 0 Å². The highest BCUT2D eigenvalue weighted by Gasteiger charge is 2.03. The highest BCUT2D eigenvalue weighted by molar-refractivity contribution is 9.09. The van der Waals surface area contributed by atoms with Crippen LogP contribution in [-0.2, 0) is 0 Å². The van der Waals surface area contributed by atoms with Crippen molar-refractivity contribution >= 4 is 47.8 Å². The molecule has 4 heteroatoms. The molecule has 0 N–H and O–H groups in total. The maximum Gasteiger partial charge on any atom is 0.00317 e. The summed E-state index contributed by atoms with van der Waals surface area (Å²) in [6, 6.07) is 0. The lowest BCUT2D eigenvalue weighted by Crippen LogP contribution is -2.27. The third-order valence-corrected chi connectivity index (χ3v) is 4.26. The highest BCUT2D eigenvalue weighted by Crippen LogP contribution is 2.05. The molecule has 0 amide bonds. The molecule has 0 aromatic rings. The zero-order chi connectivity index (χ0) is 12.1. The molecule has 0 fully saturated rings. The lowest BCUT2D eigenvalue weighted by atomic mass is 10.2. The third kappa shape index (κ3) is 11.9. The summed E-state index contributed by atoms with van der Waals surface area (Å²) in [6.45, 7) is 3.82. The van der Waals surface area contributed by atoms with Crippen molar-refractivity contribution in [3.63, 3.8) is 0 Å². The molecular formula is C12H24Br3N. The number of nitrogens with zero attached hydrogens (tertiary/aromatic N) is 1. The molecule has 0 bridgehead atoms. The summed E-state index contributed by atoms with van der Waals surface area (Å²) in [5.74, 6) is 0. The second-order valence-electron chi connectivity index (χ2n) is 4.03. The van der Waals surface area contributed by atoms with Gasteiger partial charge in [-0.15, -0.1) is 0 Å². The molecule has 0 rings (SSSR count). The Balaban J connectivity index is 3.58. The van der Waals surface area contributed by atoms with Crippen LogP contribution in [0.5, 0.6) is 0 Å². The van der Waals surface area contributed by atoms with Crippen molar-refractivity contribution < 1.29 is 0 Å². The van der Waals surface area contributed by atoms with Gasteiger partial charge in [0.05, 0.1) is 0 Å². The molecule has 16 heavy (non-hydrogen) atoms. The zero-order valence-electron chi connectivity index (χ0n) is 10.1.